The van der Waals surface area contributed by atoms with Crippen LogP contribution in [0.15, 0.2) is 42.6 Å². The number of cyclic esters (lactones) is 1. The Hall–Kier alpha value is -5.20. The van der Waals surface area contributed by atoms with Crippen molar-refractivity contribution in [2.75, 3.05) is 32.8 Å². The first-order valence-electron chi connectivity index (χ1n) is 21.0. The van der Waals surface area contributed by atoms with Crippen molar-refractivity contribution >= 4 is 52.1 Å². The molecule has 61 heavy (non-hydrogen) atoms. The molecule has 0 radical (unpaired) electrons. The predicted octanol–water partition coefficient (Wildman–Crippen LogP) is 4.93. The van der Waals surface area contributed by atoms with Crippen LogP contribution in [0.2, 0.25) is 0 Å². The Morgan fingerprint density at radius 3 is 2.54 bits per heavy atom. The minimum absolute atomic E-state index is 0.00265. The second-order valence-corrected chi connectivity index (χ2v) is 19.4. The first kappa shape index (κ1) is 43.9. The molecule has 5 heterocycles. The number of carbonyl (C=O) groups is 5. The summed E-state index contributed by atoms with van der Waals surface area (Å²) in [4.78, 5) is 71.5. The summed E-state index contributed by atoms with van der Waals surface area (Å²) < 4.78 is 21.6. The highest BCUT2D eigenvalue weighted by molar-refractivity contribution is 6.29. The number of aromatic nitrogens is 1. The molecule has 4 atom stereocenters. The average molecular weight is 860 g/mol. The lowest BCUT2D eigenvalue weighted by molar-refractivity contribution is -0.158. The maximum Gasteiger partial charge on any atom is 0.324 e. The number of esters is 1. The summed E-state index contributed by atoms with van der Waals surface area (Å²) in [6.45, 7) is 12.3. The number of carbonyl (C=O) groups excluding carboxylic acids is 5. The van der Waals surface area contributed by atoms with Gasteiger partial charge in [-0.2, -0.15) is 5.26 Å². The minimum Gasteiger partial charge on any atom is -0.508 e. The van der Waals surface area contributed by atoms with E-state index in [1.165, 1.54) is 14.8 Å². The first-order chi connectivity index (χ1) is 28.7. The number of hydrazine groups is 1. The Morgan fingerprint density at radius 2 is 1.85 bits per heavy atom. The second kappa shape index (κ2) is 16.6. The predicted molar refractivity (Wildman–Crippen MR) is 225 cm³/mol. The molecule has 7 rings (SSSR count). The minimum atomic E-state index is -2.21. The molecule has 1 unspecified atom stereocenters. The summed E-state index contributed by atoms with van der Waals surface area (Å²) in [6, 6.07) is 10.4. The third-order valence-electron chi connectivity index (χ3n) is 12.7. The van der Waals surface area contributed by atoms with Gasteiger partial charge >= 0.3 is 5.97 Å². The van der Waals surface area contributed by atoms with Crippen LogP contribution >= 0.6 is 11.6 Å². The molecule has 0 aliphatic carbocycles. The van der Waals surface area contributed by atoms with Gasteiger partial charge in [-0.15, -0.1) is 0 Å². The van der Waals surface area contributed by atoms with E-state index in [0.717, 1.165) is 22.0 Å². The van der Waals surface area contributed by atoms with Gasteiger partial charge in [-0.1, -0.05) is 51.4 Å². The second-order valence-electron chi connectivity index (χ2n) is 19.0. The Morgan fingerprint density at radius 1 is 1.11 bits per heavy atom. The SMILES string of the molecule is CC(C)C(C(=O)N[C@@H]1Cc2cc(O)cc(c2)-c2ccc3c(c2)c(cn3C(C)(C)CC#N)CC(C)(C)COC(=O)[C@@H]2CCCN(N2)C1=O)N1CCC2(CN(C(=O)[C@H](F)Cl)C2)C1=O. The molecule has 326 valence electrons. The first-order valence-corrected chi connectivity index (χ1v) is 21.4. The molecule has 4 aliphatic rings. The Balaban J connectivity index is 1.25. The van der Waals surface area contributed by atoms with E-state index in [1.54, 1.807) is 26.0 Å². The van der Waals surface area contributed by atoms with Crippen molar-refractivity contribution in [1.82, 2.24) is 30.1 Å². The molecule has 3 aromatic rings. The fourth-order valence-electron chi connectivity index (χ4n) is 9.48. The van der Waals surface area contributed by atoms with Gasteiger partial charge in [-0.3, -0.25) is 29.0 Å². The van der Waals surface area contributed by atoms with Crippen LogP contribution in [0.5, 0.6) is 5.75 Å². The Kier molecular flexibility index (Phi) is 11.9. The lowest BCUT2D eigenvalue weighted by Crippen LogP contribution is -2.64. The van der Waals surface area contributed by atoms with Gasteiger partial charge in [0.15, 0.2) is 0 Å². The number of phenolic OH excluding ortho intramolecular Hbond substituents is 1. The molecule has 14 nitrogen and oxygen atoms in total. The van der Waals surface area contributed by atoms with E-state index in [0.29, 0.717) is 36.8 Å². The van der Waals surface area contributed by atoms with Gasteiger partial charge in [0, 0.05) is 55.1 Å². The molecule has 3 N–H and O–H groups in total. The van der Waals surface area contributed by atoms with E-state index >= 15 is 0 Å². The third-order valence-corrected chi connectivity index (χ3v) is 12.9. The number of hydrogen-bond acceptors (Lipinski definition) is 9. The van der Waals surface area contributed by atoms with Crippen LogP contribution in [-0.2, 0) is 47.1 Å². The number of amides is 4. The standard InChI is InChI=1S/C45H55ClFN7O7/c1-26(2)36(52-15-12-45(42(52)60)23-51(24-45)40(58)37(46)47)38(56)49-34-18-27-16-29(19-31(55)17-27)28-9-10-35-32(20-28)30(22-53(35)44(5,6)11-13-48)21-43(3,4)25-61-41(59)33-8-7-14-54(50-33)39(34)57/h9-10,16-17,19-20,22,26,33-34,36-37,50,55H,7-8,11-12,14-15,18,21,23-25H2,1-6H3,(H,49,56)/t33-,34+,36?,37-/m0/s1. The lowest BCUT2D eigenvalue weighted by atomic mass is 9.78. The summed E-state index contributed by atoms with van der Waals surface area (Å²) in [5, 5.41) is 26.1. The summed E-state index contributed by atoms with van der Waals surface area (Å²) in [6.07, 6.45) is 4.15. The molecule has 0 saturated carbocycles. The van der Waals surface area contributed by atoms with E-state index < -0.39 is 63.8 Å². The molecule has 4 amide bonds. The number of likely N-dealkylation sites (tertiary alicyclic amines) is 2. The van der Waals surface area contributed by atoms with Gasteiger partial charge in [0.05, 0.1) is 30.1 Å². The topological polar surface area (TPSA) is 177 Å². The summed E-state index contributed by atoms with van der Waals surface area (Å²) in [7, 11) is 0. The number of halogens is 2. The van der Waals surface area contributed by atoms with Crippen LogP contribution in [0, 0.1) is 28.1 Å². The highest BCUT2D eigenvalue weighted by Crippen LogP contribution is 2.43. The van der Waals surface area contributed by atoms with E-state index in [9.17, 15) is 38.7 Å². The number of aromatic hydroxyl groups is 1. The Labute approximate surface area is 360 Å². The number of nitriles is 1. The van der Waals surface area contributed by atoms with Crippen molar-refractivity contribution < 1.29 is 38.2 Å². The van der Waals surface area contributed by atoms with Gasteiger partial charge in [0.2, 0.25) is 11.8 Å². The van der Waals surface area contributed by atoms with E-state index in [4.69, 9.17) is 16.3 Å². The normalized spacial score (nSPS) is 22.7. The van der Waals surface area contributed by atoms with Crippen molar-refractivity contribution in [3.63, 3.8) is 0 Å². The molecule has 1 aromatic heterocycles. The van der Waals surface area contributed by atoms with E-state index in [2.05, 4.69) is 27.6 Å². The number of hydrogen-bond donors (Lipinski definition) is 3. The molecule has 1 spiro atoms. The maximum absolute atomic E-state index is 14.6. The smallest absolute Gasteiger partial charge is 0.324 e. The zero-order chi connectivity index (χ0) is 44.2. The zero-order valence-corrected chi connectivity index (χ0v) is 36.4. The molecule has 16 heteroatoms. The molecule has 2 aromatic carbocycles. The van der Waals surface area contributed by atoms with Crippen LogP contribution in [0.25, 0.3) is 22.0 Å². The number of nitrogens with zero attached hydrogens (tertiary/aromatic N) is 5. The fourth-order valence-corrected chi connectivity index (χ4v) is 9.61. The van der Waals surface area contributed by atoms with Crippen molar-refractivity contribution in [3.8, 4) is 22.9 Å². The zero-order valence-electron chi connectivity index (χ0n) is 35.6. The number of nitrogens with one attached hydrogen (secondary N) is 2. The van der Waals surface area contributed by atoms with Crippen LogP contribution in [0.4, 0.5) is 4.39 Å². The van der Waals surface area contributed by atoms with Gasteiger partial charge in [0.1, 0.15) is 23.9 Å². The molecule has 3 saturated heterocycles. The van der Waals surface area contributed by atoms with Crippen LogP contribution in [0.1, 0.15) is 78.4 Å². The van der Waals surface area contributed by atoms with Gasteiger partial charge in [-0.25, -0.2) is 9.82 Å². The van der Waals surface area contributed by atoms with E-state index in [1.807, 2.05) is 52.0 Å². The maximum atomic E-state index is 14.6. The van der Waals surface area contributed by atoms with E-state index in [-0.39, 0.29) is 63.2 Å². The molecular formula is C45H55ClFN7O7. The van der Waals surface area contributed by atoms with Crippen LogP contribution in [0.3, 0.4) is 0 Å². The molecule has 4 aliphatic heterocycles. The van der Waals surface area contributed by atoms with Crippen molar-refractivity contribution in [2.24, 2.45) is 16.7 Å². The van der Waals surface area contributed by atoms with Crippen LogP contribution in [-0.4, -0.2) is 111 Å². The summed E-state index contributed by atoms with van der Waals surface area (Å²) in [5.74, 6) is -3.22. The number of rotatable bonds is 7. The lowest BCUT2D eigenvalue weighted by Gasteiger charge is -2.46. The van der Waals surface area contributed by atoms with Crippen LogP contribution < -0.4 is 10.7 Å². The number of ether oxygens (including phenoxy) is 1. The highest BCUT2D eigenvalue weighted by atomic mass is 35.5. The molecule has 3 fully saturated rings. The largest absolute Gasteiger partial charge is 0.508 e. The highest BCUT2D eigenvalue weighted by Gasteiger charge is 2.58. The quantitative estimate of drug-likeness (QED) is 0.220. The van der Waals surface area contributed by atoms with Crippen molar-refractivity contribution in [2.45, 2.75) is 109 Å². The van der Waals surface area contributed by atoms with Gasteiger partial charge in [-0.05, 0) is 92.0 Å². The van der Waals surface area contributed by atoms with Gasteiger partial charge < -0.3 is 29.5 Å². The fraction of sp³-hybridized carbons (Fsp3) is 0.556. The monoisotopic (exact) mass is 859 g/mol. The summed E-state index contributed by atoms with van der Waals surface area (Å²) >= 11 is 5.38. The van der Waals surface area contributed by atoms with Gasteiger partial charge in [0.25, 0.3) is 17.4 Å². The summed E-state index contributed by atoms with van der Waals surface area (Å²) in [5.41, 5.74) is 2.85. The van der Waals surface area contributed by atoms with Crippen molar-refractivity contribution in [3.05, 3.63) is 53.7 Å². The molecular weight excluding hydrogens is 805 g/mol. The third kappa shape index (κ3) is 8.66. The molecule has 6 bridgehead atoms. The number of phenols is 1. The number of alkyl halides is 2. The number of benzene rings is 2. The Bertz CT molecular complexity index is 2290. The average Bonchev–Trinajstić information content (AvgIpc) is 3.72. The van der Waals surface area contributed by atoms with Crippen molar-refractivity contribution in [1.29, 1.82) is 5.26 Å². The number of fused-ring (bicyclic) bond motifs is 6.